The molecule has 0 atom stereocenters. The van der Waals surface area contributed by atoms with E-state index in [1.165, 1.54) is 24.3 Å². The maximum absolute atomic E-state index is 13.3. The van der Waals surface area contributed by atoms with Gasteiger partial charge in [-0.3, -0.25) is 29.6 Å². The van der Waals surface area contributed by atoms with Crippen molar-refractivity contribution in [3.05, 3.63) is 105 Å². The van der Waals surface area contributed by atoms with Gasteiger partial charge in [0.15, 0.2) is 0 Å². The van der Waals surface area contributed by atoms with Crippen LogP contribution in [0.15, 0.2) is 72.7 Å². The van der Waals surface area contributed by atoms with Crippen molar-refractivity contribution in [1.82, 2.24) is 9.88 Å². The number of nitro groups is 1. The molecule has 0 fully saturated rings. The molecule has 0 aliphatic carbocycles. The monoisotopic (exact) mass is 428 g/mol. The van der Waals surface area contributed by atoms with Crippen molar-refractivity contribution in [3.8, 4) is 0 Å². The van der Waals surface area contributed by atoms with Crippen molar-refractivity contribution >= 4 is 28.8 Å². The highest BCUT2D eigenvalue weighted by Crippen LogP contribution is 2.33. The van der Waals surface area contributed by atoms with Gasteiger partial charge in [0.1, 0.15) is 5.70 Å². The van der Waals surface area contributed by atoms with Gasteiger partial charge in [-0.2, -0.15) is 0 Å². The van der Waals surface area contributed by atoms with E-state index in [1.807, 2.05) is 32.0 Å². The lowest BCUT2D eigenvalue weighted by Gasteiger charge is -2.15. The van der Waals surface area contributed by atoms with Crippen LogP contribution < -0.4 is 5.32 Å². The van der Waals surface area contributed by atoms with Crippen molar-refractivity contribution < 1.29 is 14.5 Å². The summed E-state index contributed by atoms with van der Waals surface area (Å²) < 4.78 is 0. The van der Waals surface area contributed by atoms with Crippen LogP contribution in [-0.4, -0.2) is 26.6 Å². The zero-order chi connectivity index (χ0) is 22.8. The topological polar surface area (TPSA) is 105 Å². The summed E-state index contributed by atoms with van der Waals surface area (Å²) in [5, 5.41) is 14.2. The number of carbonyl (C=O) groups is 2. The van der Waals surface area contributed by atoms with Crippen LogP contribution in [0.5, 0.6) is 0 Å². The van der Waals surface area contributed by atoms with Crippen LogP contribution in [-0.2, 0) is 16.1 Å². The summed E-state index contributed by atoms with van der Waals surface area (Å²) in [7, 11) is 0. The number of nitro benzene ring substituents is 1. The minimum absolute atomic E-state index is 0.0695. The molecule has 1 N–H and O–H groups in total. The van der Waals surface area contributed by atoms with Gasteiger partial charge in [-0.1, -0.05) is 23.8 Å². The van der Waals surface area contributed by atoms with Crippen LogP contribution >= 0.6 is 0 Å². The van der Waals surface area contributed by atoms with Crippen LogP contribution in [0.2, 0.25) is 0 Å². The van der Waals surface area contributed by atoms with E-state index in [0.717, 1.165) is 16.0 Å². The zero-order valence-electron chi connectivity index (χ0n) is 17.5. The molecular formula is C24H20N4O4. The number of rotatable bonds is 6. The molecule has 32 heavy (non-hydrogen) atoms. The molecule has 1 aliphatic rings. The van der Waals surface area contributed by atoms with E-state index >= 15 is 0 Å². The molecular weight excluding hydrogens is 408 g/mol. The second-order valence-corrected chi connectivity index (χ2v) is 7.56. The Balaban J connectivity index is 1.77. The van der Waals surface area contributed by atoms with Crippen LogP contribution in [0.1, 0.15) is 22.3 Å². The molecule has 160 valence electrons. The van der Waals surface area contributed by atoms with Gasteiger partial charge in [-0.15, -0.1) is 0 Å². The Bertz CT molecular complexity index is 1250. The average molecular weight is 428 g/mol. The Hall–Kier alpha value is -4.33. The van der Waals surface area contributed by atoms with E-state index in [2.05, 4.69) is 10.3 Å². The molecule has 8 heteroatoms. The molecule has 0 saturated heterocycles. The molecule has 0 unspecified atom stereocenters. The quantitative estimate of drug-likeness (QED) is 0.361. The number of hydrogen-bond acceptors (Lipinski definition) is 6. The van der Waals surface area contributed by atoms with Crippen LogP contribution in [0.3, 0.4) is 0 Å². The minimum atomic E-state index is -0.511. The largest absolute Gasteiger partial charge is 0.350 e. The van der Waals surface area contributed by atoms with Gasteiger partial charge in [0, 0.05) is 30.2 Å². The summed E-state index contributed by atoms with van der Waals surface area (Å²) in [6.45, 7) is 3.95. The lowest BCUT2D eigenvalue weighted by molar-refractivity contribution is -0.384. The molecule has 2 amide bonds. The van der Waals surface area contributed by atoms with Gasteiger partial charge >= 0.3 is 0 Å². The number of amides is 2. The number of carbonyl (C=O) groups excluding carboxylic acids is 2. The smallest absolute Gasteiger partial charge is 0.278 e. The van der Waals surface area contributed by atoms with Crippen molar-refractivity contribution in [1.29, 1.82) is 0 Å². The highest BCUT2D eigenvalue weighted by Gasteiger charge is 2.39. The number of anilines is 1. The van der Waals surface area contributed by atoms with Gasteiger partial charge in [0.25, 0.3) is 17.5 Å². The number of benzene rings is 2. The fourth-order valence-corrected chi connectivity index (χ4v) is 3.62. The third-order valence-electron chi connectivity index (χ3n) is 5.24. The molecule has 8 nitrogen and oxygen atoms in total. The fourth-order valence-electron chi connectivity index (χ4n) is 3.62. The number of nitrogens with zero attached hydrogens (tertiary/aromatic N) is 3. The summed E-state index contributed by atoms with van der Waals surface area (Å²) in [5.74, 6) is -0.938. The number of nitrogens with one attached hydrogen (secondary N) is 1. The molecule has 1 aromatic heterocycles. The summed E-state index contributed by atoms with van der Waals surface area (Å²) in [6, 6.07) is 14.9. The first-order chi connectivity index (χ1) is 15.3. The Morgan fingerprint density at radius 2 is 1.78 bits per heavy atom. The average Bonchev–Trinajstić information content (AvgIpc) is 3.00. The van der Waals surface area contributed by atoms with Gasteiger partial charge < -0.3 is 5.32 Å². The Morgan fingerprint density at radius 1 is 1.03 bits per heavy atom. The van der Waals surface area contributed by atoms with Crippen LogP contribution in [0.25, 0.3) is 5.57 Å². The first-order valence-electron chi connectivity index (χ1n) is 9.93. The molecule has 0 spiro atoms. The predicted octanol–water partition coefficient (Wildman–Crippen LogP) is 4.00. The van der Waals surface area contributed by atoms with Crippen molar-refractivity contribution in [2.45, 2.75) is 20.4 Å². The van der Waals surface area contributed by atoms with E-state index in [4.69, 9.17) is 0 Å². The Morgan fingerprint density at radius 3 is 2.41 bits per heavy atom. The van der Waals surface area contributed by atoms with Crippen molar-refractivity contribution in [2.75, 3.05) is 5.32 Å². The minimum Gasteiger partial charge on any atom is -0.350 e. The molecule has 4 rings (SSSR count). The second-order valence-electron chi connectivity index (χ2n) is 7.56. The van der Waals surface area contributed by atoms with Crippen molar-refractivity contribution in [2.24, 2.45) is 0 Å². The third-order valence-corrected chi connectivity index (χ3v) is 5.24. The molecule has 1 aliphatic heterocycles. The van der Waals surface area contributed by atoms with Gasteiger partial charge in [0.05, 0.1) is 17.0 Å². The van der Waals surface area contributed by atoms with Gasteiger partial charge in [0.2, 0.25) is 0 Å². The third kappa shape index (κ3) is 3.98. The first-order valence-corrected chi connectivity index (χ1v) is 9.93. The second kappa shape index (κ2) is 8.43. The van der Waals surface area contributed by atoms with Crippen LogP contribution in [0.4, 0.5) is 11.4 Å². The zero-order valence-corrected chi connectivity index (χ0v) is 17.5. The van der Waals surface area contributed by atoms with E-state index < -0.39 is 16.7 Å². The summed E-state index contributed by atoms with van der Waals surface area (Å²) in [5.41, 5.74) is 4.06. The SMILES string of the molecule is Cc1ccc(NC2=C(c3ccc([N+](=O)[O-])cc3)C(=O)N(Cc3cccnc3)C2=O)c(C)c1. The van der Waals surface area contributed by atoms with Crippen molar-refractivity contribution in [3.63, 3.8) is 0 Å². The van der Waals surface area contributed by atoms with E-state index in [0.29, 0.717) is 16.8 Å². The lowest BCUT2D eigenvalue weighted by Crippen LogP contribution is -2.32. The molecule has 0 bridgehead atoms. The van der Waals surface area contributed by atoms with E-state index in [-0.39, 0.29) is 23.5 Å². The van der Waals surface area contributed by atoms with Gasteiger partial charge in [-0.25, -0.2) is 0 Å². The predicted molar refractivity (Wildman–Crippen MR) is 119 cm³/mol. The molecule has 2 heterocycles. The maximum atomic E-state index is 13.3. The molecule has 3 aromatic rings. The maximum Gasteiger partial charge on any atom is 0.278 e. The number of aromatic nitrogens is 1. The summed E-state index contributed by atoms with van der Waals surface area (Å²) >= 11 is 0. The summed E-state index contributed by atoms with van der Waals surface area (Å²) in [4.78, 5) is 42.4. The number of aryl methyl sites for hydroxylation is 2. The fraction of sp³-hybridized carbons (Fsp3) is 0.125. The standard InChI is InChI=1S/C24H20N4O4/c1-15-5-10-20(16(2)12-15)26-22-21(18-6-8-19(9-7-18)28(31)32)23(29)27(24(22)30)14-17-4-3-11-25-13-17/h3-13,26H,14H2,1-2H3. The van der Waals surface area contributed by atoms with E-state index in [9.17, 15) is 19.7 Å². The molecule has 2 aromatic carbocycles. The lowest BCUT2D eigenvalue weighted by atomic mass is 10.0. The Kier molecular flexibility index (Phi) is 5.51. The number of hydrogen-bond donors (Lipinski definition) is 1. The van der Waals surface area contributed by atoms with E-state index in [1.54, 1.807) is 24.5 Å². The molecule has 0 saturated carbocycles. The number of pyridine rings is 1. The normalized spacial score (nSPS) is 13.6. The number of non-ortho nitro benzene ring substituents is 1. The van der Waals surface area contributed by atoms with Gasteiger partial charge in [-0.05, 0) is 54.8 Å². The highest BCUT2D eigenvalue weighted by atomic mass is 16.6. The molecule has 0 radical (unpaired) electrons. The summed E-state index contributed by atoms with van der Waals surface area (Å²) in [6.07, 6.45) is 3.21. The highest BCUT2D eigenvalue weighted by molar-refractivity contribution is 6.36. The number of imide groups is 1. The Labute approximate surface area is 184 Å². The van der Waals surface area contributed by atoms with Crippen LogP contribution in [0, 0.1) is 24.0 Å². The first kappa shape index (κ1) is 20.9.